The molecule has 6 nitrogen and oxygen atoms in total. The van der Waals surface area contributed by atoms with Gasteiger partial charge in [-0.25, -0.2) is 14.4 Å². The van der Waals surface area contributed by atoms with Crippen LogP contribution in [0.4, 0.5) is 10.2 Å². The lowest BCUT2D eigenvalue weighted by Gasteiger charge is -2.44. The molecule has 4 rings (SSSR count). The quantitative estimate of drug-likeness (QED) is 0.633. The van der Waals surface area contributed by atoms with E-state index in [1.54, 1.807) is 18.3 Å². The van der Waals surface area contributed by atoms with Crippen LogP contribution in [0.25, 0.3) is 22.4 Å². The van der Waals surface area contributed by atoms with E-state index in [1.165, 1.54) is 6.07 Å². The van der Waals surface area contributed by atoms with Crippen LogP contribution in [0.15, 0.2) is 30.5 Å². The highest BCUT2D eigenvalue weighted by molar-refractivity contribution is 5.89. The zero-order valence-electron chi connectivity index (χ0n) is 15.0. The predicted molar refractivity (Wildman–Crippen MR) is 100 cm³/mol. The Morgan fingerprint density at radius 2 is 2.12 bits per heavy atom. The molecule has 4 heterocycles. The number of halogens is 1. The second-order valence-corrected chi connectivity index (χ2v) is 7.56. The van der Waals surface area contributed by atoms with Crippen LogP contribution in [0.1, 0.15) is 20.3 Å². The van der Waals surface area contributed by atoms with Crippen LogP contribution in [0.5, 0.6) is 0 Å². The molecule has 1 fully saturated rings. The lowest BCUT2D eigenvalue weighted by Crippen LogP contribution is -2.57. The number of hydrogen-bond donors (Lipinski definition) is 3. The highest BCUT2D eigenvalue weighted by Gasteiger charge is 2.37. The summed E-state index contributed by atoms with van der Waals surface area (Å²) in [7, 11) is 0. The number of anilines is 1. The summed E-state index contributed by atoms with van der Waals surface area (Å²) >= 11 is 0. The van der Waals surface area contributed by atoms with Gasteiger partial charge < -0.3 is 10.6 Å². The molecule has 0 spiro atoms. The van der Waals surface area contributed by atoms with Crippen molar-refractivity contribution < 1.29 is 4.39 Å². The summed E-state index contributed by atoms with van der Waals surface area (Å²) < 4.78 is 14.4. The van der Waals surface area contributed by atoms with Crippen molar-refractivity contribution in [3.8, 4) is 11.4 Å². The molecular weight excluding hydrogens is 331 g/mol. The minimum absolute atomic E-state index is 0.245. The zero-order valence-corrected chi connectivity index (χ0v) is 15.0. The molecule has 3 aromatic heterocycles. The maximum Gasteiger partial charge on any atom is 0.181 e. The first-order valence-electron chi connectivity index (χ1n) is 8.97. The Morgan fingerprint density at radius 3 is 2.85 bits per heavy atom. The van der Waals surface area contributed by atoms with Gasteiger partial charge in [0.1, 0.15) is 11.5 Å². The lowest BCUT2D eigenvalue weighted by molar-refractivity contribution is 0.147. The van der Waals surface area contributed by atoms with Crippen molar-refractivity contribution in [3.63, 3.8) is 0 Å². The van der Waals surface area contributed by atoms with Gasteiger partial charge in [-0.15, -0.1) is 0 Å². The third-order valence-corrected chi connectivity index (χ3v) is 4.90. The average molecular weight is 354 g/mol. The molecule has 0 saturated carbocycles. The van der Waals surface area contributed by atoms with Gasteiger partial charge in [0, 0.05) is 36.6 Å². The van der Waals surface area contributed by atoms with Crippen LogP contribution in [0, 0.1) is 17.2 Å². The van der Waals surface area contributed by atoms with Crippen LogP contribution in [0.2, 0.25) is 0 Å². The standard InChI is InChI=1S/C19H23FN6/c1-12(2)8-19(9-21-10-19)11-23-15-6-5-14(20)17(24-15)16-13-4-3-7-22-18(13)26-25-16/h3-7,12,21H,8-11H2,1-2H3,(H,23,24)(H,22,25,26). The minimum Gasteiger partial charge on any atom is -0.369 e. The number of fused-ring (bicyclic) bond motifs is 1. The zero-order chi connectivity index (χ0) is 18.1. The van der Waals surface area contributed by atoms with Gasteiger partial charge in [-0.2, -0.15) is 5.10 Å². The molecule has 0 radical (unpaired) electrons. The van der Waals surface area contributed by atoms with Gasteiger partial charge in [0.2, 0.25) is 0 Å². The lowest BCUT2D eigenvalue weighted by atomic mass is 9.75. The Morgan fingerprint density at radius 1 is 1.27 bits per heavy atom. The van der Waals surface area contributed by atoms with Gasteiger partial charge in [0.05, 0.1) is 5.69 Å². The molecule has 3 aromatic rings. The molecule has 1 aliphatic rings. The van der Waals surface area contributed by atoms with E-state index in [0.717, 1.165) is 31.4 Å². The number of hydrogen-bond acceptors (Lipinski definition) is 5. The van der Waals surface area contributed by atoms with Crippen molar-refractivity contribution >= 4 is 16.9 Å². The van der Waals surface area contributed by atoms with E-state index in [0.29, 0.717) is 23.1 Å². The van der Waals surface area contributed by atoms with Gasteiger partial charge in [-0.3, -0.25) is 5.10 Å². The highest BCUT2D eigenvalue weighted by Crippen LogP contribution is 2.32. The minimum atomic E-state index is -0.382. The number of nitrogens with one attached hydrogen (secondary N) is 3. The second kappa shape index (κ2) is 6.64. The fourth-order valence-corrected chi connectivity index (χ4v) is 3.71. The molecule has 0 aromatic carbocycles. The molecule has 0 aliphatic carbocycles. The SMILES string of the molecule is CC(C)CC1(CNc2ccc(F)c(-c3[nH]nc4ncccc34)n2)CNC1. The van der Waals surface area contributed by atoms with Gasteiger partial charge in [0.15, 0.2) is 11.5 Å². The van der Waals surface area contributed by atoms with Gasteiger partial charge in [-0.05, 0) is 36.6 Å². The number of H-pyrrole nitrogens is 1. The molecule has 1 aliphatic heterocycles. The summed E-state index contributed by atoms with van der Waals surface area (Å²) in [4.78, 5) is 8.68. The van der Waals surface area contributed by atoms with Crippen molar-refractivity contribution in [1.82, 2.24) is 25.5 Å². The van der Waals surface area contributed by atoms with E-state index in [9.17, 15) is 4.39 Å². The van der Waals surface area contributed by atoms with Crippen LogP contribution in [-0.4, -0.2) is 39.8 Å². The Labute approximate surface area is 151 Å². The van der Waals surface area contributed by atoms with Crippen molar-refractivity contribution in [2.45, 2.75) is 20.3 Å². The van der Waals surface area contributed by atoms with Crippen LogP contribution in [-0.2, 0) is 0 Å². The Kier molecular flexibility index (Phi) is 4.32. The molecule has 0 atom stereocenters. The maximum absolute atomic E-state index is 14.4. The van der Waals surface area contributed by atoms with Crippen LogP contribution < -0.4 is 10.6 Å². The molecule has 0 amide bonds. The van der Waals surface area contributed by atoms with Gasteiger partial charge >= 0.3 is 0 Å². The number of aromatic nitrogens is 4. The monoisotopic (exact) mass is 354 g/mol. The van der Waals surface area contributed by atoms with E-state index in [4.69, 9.17) is 0 Å². The molecule has 1 saturated heterocycles. The van der Waals surface area contributed by atoms with Crippen LogP contribution >= 0.6 is 0 Å². The Hall–Kier alpha value is -2.54. The number of aromatic amines is 1. The summed E-state index contributed by atoms with van der Waals surface area (Å²) in [5.41, 5.74) is 1.61. The Bertz CT molecular complexity index is 915. The normalized spacial score (nSPS) is 16.0. The fraction of sp³-hybridized carbons (Fsp3) is 0.421. The Balaban J connectivity index is 1.59. The predicted octanol–water partition coefficient (Wildman–Crippen LogP) is 3.21. The first-order chi connectivity index (χ1) is 12.6. The molecule has 7 heteroatoms. The molecule has 26 heavy (non-hydrogen) atoms. The van der Waals surface area contributed by atoms with Gasteiger partial charge in [0.25, 0.3) is 0 Å². The first-order valence-corrected chi connectivity index (χ1v) is 8.97. The molecule has 0 unspecified atom stereocenters. The molecule has 0 bridgehead atoms. The topological polar surface area (TPSA) is 78.5 Å². The molecule has 136 valence electrons. The number of rotatable bonds is 6. The van der Waals surface area contributed by atoms with Crippen molar-refractivity contribution in [2.24, 2.45) is 11.3 Å². The summed E-state index contributed by atoms with van der Waals surface area (Å²) in [6, 6.07) is 6.80. The van der Waals surface area contributed by atoms with E-state index in [-0.39, 0.29) is 16.9 Å². The van der Waals surface area contributed by atoms with E-state index >= 15 is 0 Å². The average Bonchev–Trinajstić information content (AvgIpc) is 3.02. The van der Waals surface area contributed by atoms with Crippen LogP contribution in [0.3, 0.4) is 0 Å². The molecule has 3 N–H and O–H groups in total. The third kappa shape index (κ3) is 3.14. The maximum atomic E-state index is 14.4. The highest BCUT2D eigenvalue weighted by atomic mass is 19.1. The largest absolute Gasteiger partial charge is 0.369 e. The first kappa shape index (κ1) is 16.9. The number of pyridine rings is 2. The van der Waals surface area contributed by atoms with E-state index < -0.39 is 0 Å². The molecular formula is C19H23FN6. The van der Waals surface area contributed by atoms with E-state index in [1.807, 2.05) is 6.07 Å². The summed E-state index contributed by atoms with van der Waals surface area (Å²) in [5.74, 6) is 0.926. The summed E-state index contributed by atoms with van der Waals surface area (Å²) in [6.07, 6.45) is 2.81. The van der Waals surface area contributed by atoms with Crippen molar-refractivity contribution in [3.05, 3.63) is 36.3 Å². The van der Waals surface area contributed by atoms with Gasteiger partial charge in [-0.1, -0.05) is 13.8 Å². The summed E-state index contributed by atoms with van der Waals surface area (Å²) in [6.45, 7) is 7.31. The summed E-state index contributed by atoms with van der Waals surface area (Å²) in [5, 5.41) is 14.5. The van der Waals surface area contributed by atoms with Crippen molar-refractivity contribution in [2.75, 3.05) is 25.0 Å². The van der Waals surface area contributed by atoms with Crippen molar-refractivity contribution in [1.29, 1.82) is 0 Å². The number of nitrogens with zero attached hydrogens (tertiary/aromatic N) is 3. The van der Waals surface area contributed by atoms with E-state index in [2.05, 4.69) is 44.6 Å². The third-order valence-electron chi connectivity index (χ3n) is 4.90. The second-order valence-electron chi connectivity index (χ2n) is 7.56. The fourth-order valence-electron chi connectivity index (χ4n) is 3.71. The smallest absolute Gasteiger partial charge is 0.181 e.